The molecule has 3 atom stereocenters. The molecule has 3 heterocycles. The molecular weight excluding hydrogens is 254 g/mol. The highest BCUT2D eigenvalue weighted by atomic mass is 16.2. The molecule has 0 spiro atoms. The van der Waals surface area contributed by atoms with Crippen LogP contribution in [0.5, 0.6) is 0 Å². The van der Waals surface area contributed by atoms with Gasteiger partial charge in [-0.2, -0.15) is 5.10 Å². The zero-order chi connectivity index (χ0) is 14.3. The van der Waals surface area contributed by atoms with Crippen LogP contribution in [0.25, 0.3) is 0 Å². The van der Waals surface area contributed by atoms with Crippen molar-refractivity contribution >= 4 is 5.91 Å². The van der Waals surface area contributed by atoms with Crippen LogP contribution in [-0.2, 0) is 11.8 Å². The van der Waals surface area contributed by atoms with Crippen molar-refractivity contribution in [2.75, 3.05) is 19.6 Å². The van der Waals surface area contributed by atoms with Crippen molar-refractivity contribution < 1.29 is 4.79 Å². The number of carbonyl (C=O) groups is 1. The number of carbonyl (C=O) groups excluding carboxylic acids is 1. The van der Waals surface area contributed by atoms with Gasteiger partial charge in [0.1, 0.15) is 6.04 Å². The fourth-order valence-corrected chi connectivity index (χ4v) is 3.42. The molecule has 1 amide bonds. The first-order chi connectivity index (χ1) is 9.56. The van der Waals surface area contributed by atoms with Gasteiger partial charge in [-0.05, 0) is 26.3 Å². The number of hydrogen-bond donors (Lipinski definition) is 1. The van der Waals surface area contributed by atoms with Crippen molar-refractivity contribution in [2.45, 2.75) is 37.9 Å². The second-order valence-electron chi connectivity index (χ2n) is 6.06. The third-order valence-electron chi connectivity index (χ3n) is 4.57. The Morgan fingerprint density at radius 3 is 3.00 bits per heavy atom. The quantitative estimate of drug-likeness (QED) is 0.833. The minimum atomic E-state index is -0.598. The summed E-state index contributed by atoms with van der Waals surface area (Å²) in [4.78, 5) is 17.1. The summed E-state index contributed by atoms with van der Waals surface area (Å²) in [6.07, 6.45) is 5.94. The lowest BCUT2D eigenvalue weighted by atomic mass is 10.0. The van der Waals surface area contributed by atoms with Crippen molar-refractivity contribution in [1.29, 1.82) is 0 Å². The van der Waals surface area contributed by atoms with Crippen molar-refractivity contribution in [3.05, 3.63) is 18.0 Å². The summed E-state index contributed by atoms with van der Waals surface area (Å²) in [5.74, 6) is 0.0250. The lowest BCUT2D eigenvalue weighted by Crippen LogP contribution is -2.58. The van der Waals surface area contributed by atoms with E-state index < -0.39 is 6.04 Å². The number of piperazine rings is 1. The summed E-state index contributed by atoms with van der Waals surface area (Å²) in [5, 5.41) is 4.10. The summed E-state index contributed by atoms with van der Waals surface area (Å²) >= 11 is 0. The Balaban J connectivity index is 1.72. The van der Waals surface area contributed by atoms with Crippen LogP contribution in [0.1, 0.15) is 31.4 Å². The van der Waals surface area contributed by atoms with Gasteiger partial charge in [-0.25, -0.2) is 0 Å². The van der Waals surface area contributed by atoms with Gasteiger partial charge in [0, 0.05) is 44.0 Å². The standard InChI is InChI=1S/C14H23N5O/c1-10-7-18-5-3-4-12(18)9-19(10)14(20)13(15)11-6-16-17(2)8-11/h6,8,10,12-13H,3-5,7,9,15H2,1-2H3. The summed E-state index contributed by atoms with van der Waals surface area (Å²) in [5.41, 5.74) is 6.91. The Morgan fingerprint density at radius 1 is 1.50 bits per heavy atom. The summed E-state index contributed by atoms with van der Waals surface area (Å²) in [6, 6.07) is 0.162. The van der Waals surface area contributed by atoms with Gasteiger partial charge in [0.2, 0.25) is 5.91 Å². The fourth-order valence-electron chi connectivity index (χ4n) is 3.42. The topological polar surface area (TPSA) is 67.4 Å². The monoisotopic (exact) mass is 277 g/mol. The van der Waals surface area contributed by atoms with E-state index in [0.717, 1.165) is 18.7 Å². The SMILES string of the molecule is CC1CN2CCCC2CN1C(=O)C(N)c1cnn(C)c1. The van der Waals surface area contributed by atoms with Crippen LogP contribution in [0.4, 0.5) is 0 Å². The van der Waals surface area contributed by atoms with Crippen LogP contribution < -0.4 is 5.73 Å². The number of fused-ring (bicyclic) bond motifs is 1. The third-order valence-corrected chi connectivity index (χ3v) is 4.57. The molecule has 0 aliphatic carbocycles. The molecule has 2 aliphatic heterocycles. The predicted molar refractivity (Wildman–Crippen MR) is 75.9 cm³/mol. The van der Waals surface area contributed by atoms with E-state index >= 15 is 0 Å². The zero-order valence-electron chi connectivity index (χ0n) is 12.2. The van der Waals surface area contributed by atoms with Gasteiger partial charge in [0.05, 0.1) is 6.20 Å². The molecule has 2 fully saturated rings. The van der Waals surface area contributed by atoms with Gasteiger partial charge in [-0.15, -0.1) is 0 Å². The molecule has 1 aromatic rings. The number of amides is 1. The second-order valence-corrected chi connectivity index (χ2v) is 6.06. The molecule has 0 radical (unpaired) electrons. The normalized spacial score (nSPS) is 28.4. The summed E-state index contributed by atoms with van der Waals surface area (Å²) in [6.45, 7) is 5.07. The van der Waals surface area contributed by atoms with E-state index in [4.69, 9.17) is 5.73 Å². The van der Waals surface area contributed by atoms with E-state index in [0.29, 0.717) is 6.04 Å². The van der Waals surface area contributed by atoms with Crippen LogP contribution in [0, 0.1) is 0 Å². The number of nitrogens with zero attached hydrogens (tertiary/aromatic N) is 4. The Hall–Kier alpha value is -1.40. The van der Waals surface area contributed by atoms with Crippen LogP contribution >= 0.6 is 0 Å². The third kappa shape index (κ3) is 2.33. The van der Waals surface area contributed by atoms with Gasteiger partial charge < -0.3 is 10.6 Å². The number of rotatable bonds is 2. The molecule has 3 rings (SSSR count). The minimum Gasteiger partial charge on any atom is -0.335 e. The summed E-state index contributed by atoms with van der Waals surface area (Å²) in [7, 11) is 1.83. The van der Waals surface area contributed by atoms with Crippen LogP contribution in [0.3, 0.4) is 0 Å². The summed E-state index contributed by atoms with van der Waals surface area (Å²) < 4.78 is 1.68. The Bertz CT molecular complexity index is 500. The Kier molecular flexibility index (Phi) is 3.52. The van der Waals surface area contributed by atoms with Crippen molar-refractivity contribution in [3.8, 4) is 0 Å². The Labute approximate surface area is 119 Å². The zero-order valence-corrected chi connectivity index (χ0v) is 12.2. The van der Waals surface area contributed by atoms with Gasteiger partial charge in [0.15, 0.2) is 0 Å². The minimum absolute atomic E-state index is 0.0250. The highest BCUT2D eigenvalue weighted by Crippen LogP contribution is 2.26. The largest absolute Gasteiger partial charge is 0.335 e. The molecule has 2 N–H and O–H groups in total. The van der Waals surface area contributed by atoms with E-state index in [9.17, 15) is 4.79 Å². The molecule has 2 saturated heterocycles. The maximum Gasteiger partial charge on any atom is 0.244 e. The molecule has 110 valence electrons. The molecule has 6 heteroatoms. The second kappa shape index (κ2) is 5.18. The highest BCUT2D eigenvalue weighted by molar-refractivity contribution is 5.83. The highest BCUT2D eigenvalue weighted by Gasteiger charge is 2.38. The van der Waals surface area contributed by atoms with Crippen molar-refractivity contribution in [1.82, 2.24) is 19.6 Å². The fraction of sp³-hybridized carbons (Fsp3) is 0.714. The van der Waals surface area contributed by atoms with E-state index in [1.165, 1.54) is 19.4 Å². The van der Waals surface area contributed by atoms with E-state index in [1.54, 1.807) is 10.9 Å². The molecule has 1 aromatic heterocycles. The maximum atomic E-state index is 12.7. The van der Waals surface area contributed by atoms with Crippen LogP contribution in [0.2, 0.25) is 0 Å². The van der Waals surface area contributed by atoms with Gasteiger partial charge in [-0.1, -0.05) is 0 Å². The molecule has 0 bridgehead atoms. The van der Waals surface area contributed by atoms with E-state index in [-0.39, 0.29) is 11.9 Å². The average molecular weight is 277 g/mol. The smallest absolute Gasteiger partial charge is 0.244 e. The van der Waals surface area contributed by atoms with E-state index in [1.807, 2.05) is 18.1 Å². The van der Waals surface area contributed by atoms with Gasteiger partial charge in [-0.3, -0.25) is 14.4 Å². The number of aromatic nitrogens is 2. The van der Waals surface area contributed by atoms with Gasteiger partial charge in [0.25, 0.3) is 0 Å². The lowest BCUT2D eigenvalue weighted by Gasteiger charge is -2.43. The average Bonchev–Trinajstić information content (AvgIpc) is 3.04. The van der Waals surface area contributed by atoms with Crippen molar-refractivity contribution in [2.24, 2.45) is 12.8 Å². The number of nitrogens with two attached hydrogens (primary N) is 1. The first-order valence-corrected chi connectivity index (χ1v) is 7.35. The number of hydrogen-bond acceptors (Lipinski definition) is 4. The Morgan fingerprint density at radius 2 is 2.30 bits per heavy atom. The van der Waals surface area contributed by atoms with Crippen LogP contribution in [-0.4, -0.2) is 57.2 Å². The molecule has 6 nitrogen and oxygen atoms in total. The number of aryl methyl sites for hydroxylation is 1. The van der Waals surface area contributed by atoms with Crippen molar-refractivity contribution in [3.63, 3.8) is 0 Å². The van der Waals surface area contributed by atoms with E-state index in [2.05, 4.69) is 16.9 Å². The molecule has 0 aromatic carbocycles. The molecule has 2 aliphatic rings. The van der Waals surface area contributed by atoms with Gasteiger partial charge >= 0.3 is 0 Å². The first kappa shape index (κ1) is 13.6. The first-order valence-electron chi connectivity index (χ1n) is 7.35. The van der Waals surface area contributed by atoms with Crippen LogP contribution in [0.15, 0.2) is 12.4 Å². The molecular formula is C14H23N5O. The maximum absolute atomic E-state index is 12.7. The molecule has 3 unspecified atom stereocenters. The molecule has 20 heavy (non-hydrogen) atoms. The molecule has 0 saturated carbocycles. The lowest BCUT2D eigenvalue weighted by molar-refractivity contribution is -0.138. The predicted octanol–water partition coefficient (Wildman–Crippen LogP) is 0.115.